The molecular formula is C19H26N6O4. The molecule has 10 heteroatoms. The Labute approximate surface area is 168 Å². The Morgan fingerprint density at radius 1 is 1.34 bits per heavy atom. The molecule has 2 aromatic rings. The van der Waals surface area contributed by atoms with Crippen LogP contribution in [0.2, 0.25) is 0 Å². The van der Waals surface area contributed by atoms with Crippen molar-refractivity contribution in [3.63, 3.8) is 0 Å². The molecule has 2 atom stereocenters. The van der Waals surface area contributed by atoms with Crippen LogP contribution in [0, 0.1) is 6.92 Å². The molecule has 29 heavy (non-hydrogen) atoms. The van der Waals surface area contributed by atoms with Crippen molar-refractivity contribution < 1.29 is 18.7 Å². The van der Waals surface area contributed by atoms with Crippen LogP contribution in [0.1, 0.15) is 68.8 Å². The summed E-state index contributed by atoms with van der Waals surface area (Å²) in [6.45, 7) is 3.72. The lowest BCUT2D eigenvalue weighted by molar-refractivity contribution is -0.115. The standard InChI is InChI=1S/C19H26N6O4/c1-11-22-25-17(28-11)10-16(26)20-15-9-14(23-24-15)12-4-5-13(8-12)29-18(27)21-19(2)6-3-7-19/h9,12-13H,3-8,10H2,1-2H3,(H,21,27)(H2,20,23,24,26)/t12-,13+/m0/s1. The van der Waals surface area contributed by atoms with Crippen molar-refractivity contribution in [2.45, 2.75) is 76.4 Å². The van der Waals surface area contributed by atoms with E-state index in [9.17, 15) is 9.59 Å². The number of alkyl carbamates (subject to hydrolysis) is 1. The molecule has 0 bridgehead atoms. The Morgan fingerprint density at radius 2 is 2.17 bits per heavy atom. The van der Waals surface area contributed by atoms with Crippen LogP contribution in [-0.2, 0) is 16.0 Å². The first kappa shape index (κ1) is 19.4. The Balaban J connectivity index is 1.25. The number of aryl methyl sites for hydroxylation is 1. The maximum atomic E-state index is 12.1. The summed E-state index contributed by atoms with van der Waals surface area (Å²) in [5.41, 5.74) is 0.817. The first-order valence-electron chi connectivity index (χ1n) is 10.0. The van der Waals surface area contributed by atoms with Gasteiger partial charge in [0.15, 0.2) is 5.82 Å². The van der Waals surface area contributed by atoms with Gasteiger partial charge in [-0.25, -0.2) is 4.79 Å². The molecule has 0 unspecified atom stereocenters. The van der Waals surface area contributed by atoms with Crippen LogP contribution < -0.4 is 10.6 Å². The molecule has 156 valence electrons. The topological polar surface area (TPSA) is 135 Å². The van der Waals surface area contributed by atoms with E-state index >= 15 is 0 Å². The number of aromatic nitrogens is 4. The zero-order valence-corrected chi connectivity index (χ0v) is 16.7. The Morgan fingerprint density at radius 3 is 2.86 bits per heavy atom. The summed E-state index contributed by atoms with van der Waals surface area (Å²) in [4.78, 5) is 24.2. The molecule has 2 fully saturated rings. The zero-order valence-electron chi connectivity index (χ0n) is 16.7. The molecule has 0 saturated heterocycles. The first-order chi connectivity index (χ1) is 13.9. The third kappa shape index (κ3) is 4.75. The van der Waals surface area contributed by atoms with Crippen LogP contribution in [0.4, 0.5) is 10.6 Å². The fourth-order valence-corrected chi connectivity index (χ4v) is 3.93. The molecule has 2 amide bonds. The Hall–Kier alpha value is -2.91. The molecule has 2 aliphatic rings. The van der Waals surface area contributed by atoms with Gasteiger partial charge in [0, 0.05) is 30.1 Å². The van der Waals surface area contributed by atoms with Gasteiger partial charge in [-0.3, -0.25) is 9.89 Å². The lowest BCUT2D eigenvalue weighted by Crippen LogP contribution is -2.51. The highest BCUT2D eigenvalue weighted by atomic mass is 16.6. The molecule has 4 rings (SSSR count). The second-order valence-corrected chi connectivity index (χ2v) is 8.22. The van der Waals surface area contributed by atoms with Crippen molar-refractivity contribution in [3.05, 3.63) is 23.5 Å². The molecule has 10 nitrogen and oxygen atoms in total. The maximum Gasteiger partial charge on any atom is 0.407 e. The second-order valence-electron chi connectivity index (χ2n) is 8.22. The van der Waals surface area contributed by atoms with Crippen molar-refractivity contribution in [3.8, 4) is 0 Å². The van der Waals surface area contributed by atoms with Crippen LogP contribution in [0.3, 0.4) is 0 Å². The molecule has 0 aromatic carbocycles. The van der Waals surface area contributed by atoms with Gasteiger partial charge in [-0.1, -0.05) is 0 Å². The predicted octanol–water partition coefficient (Wildman–Crippen LogP) is 2.59. The number of ether oxygens (including phenoxy) is 1. The lowest BCUT2D eigenvalue weighted by Gasteiger charge is -2.38. The minimum atomic E-state index is -0.327. The number of anilines is 1. The fourth-order valence-electron chi connectivity index (χ4n) is 3.93. The highest BCUT2D eigenvalue weighted by Gasteiger charge is 2.35. The van der Waals surface area contributed by atoms with Gasteiger partial charge >= 0.3 is 6.09 Å². The van der Waals surface area contributed by atoms with Gasteiger partial charge in [0.1, 0.15) is 12.5 Å². The van der Waals surface area contributed by atoms with E-state index in [4.69, 9.17) is 9.15 Å². The van der Waals surface area contributed by atoms with E-state index in [0.717, 1.165) is 44.2 Å². The molecular weight excluding hydrogens is 376 g/mol. The van der Waals surface area contributed by atoms with E-state index in [0.29, 0.717) is 11.7 Å². The number of amides is 2. The van der Waals surface area contributed by atoms with Crippen LogP contribution in [-0.4, -0.2) is 44.0 Å². The average molecular weight is 402 g/mol. The number of carbonyl (C=O) groups is 2. The Kier molecular flexibility index (Phi) is 5.25. The van der Waals surface area contributed by atoms with Crippen LogP contribution in [0.15, 0.2) is 10.5 Å². The van der Waals surface area contributed by atoms with Gasteiger partial charge in [0.25, 0.3) is 0 Å². The van der Waals surface area contributed by atoms with Gasteiger partial charge in [-0.05, 0) is 45.4 Å². The van der Waals surface area contributed by atoms with Gasteiger partial charge in [0.05, 0.1) is 0 Å². The summed E-state index contributed by atoms with van der Waals surface area (Å²) >= 11 is 0. The van der Waals surface area contributed by atoms with Gasteiger partial charge in [-0.15, -0.1) is 10.2 Å². The van der Waals surface area contributed by atoms with Crippen molar-refractivity contribution in [2.24, 2.45) is 0 Å². The molecule has 3 N–H and O–H groups in total. The monoisotopic (exact) mass is 402 g/mol. The van der Waals surface area contributed by atoms with Crippen LogP contribution >= 0.6 is 0 Å². The fraction of sp³-hybridized carbons (Fsp3) is 0.632. The molecule has 0 radical (unpaired) electrons. The molecule has 0 spiro atoms. The summed E-state index contributed by atoms with van der Waals surface area (Å²) in [7, 11) is 0. The van der Waals surface area contributed by atoms with E-state index in [1.807, 2.05) is 6.07 Å². The zero-order chi connectivity index (χ0) is 20.4. The predicted molar refractivity (Wildman–Crippen MR) is 102 cm³/mol. The van der Waals surface area contributed by atoms with Crippen molar-refractivity contribution in [1.82, 2.24) is 25.7 Å². The van der Waals surface area contributed by atoms with E-state index < -0.39 is 0 Å². The number of aromatic amines is 1. The van der Waals surface area contributed by atoms with Gasteiger partial charge in [-0.2, -0.15) is 5.10 Å². The molecule has 2 aliphatic carbocycles. The number of rotatable bonds is 6. The SMILES string of the molecule is Cc1nnc(CC(=O)Nc2cc([C@H]3CC[C@@H](OC(=O)NC4(C)CCC4)C3)[nH]n2)o1. The van der Waals surface area contributed by atoms with E-state index in [1.54, 1.807) is 6.92 Å². The molecule has 2 saturated carbocycles. The van der Waals surface area contributed by atoms with Crippen LogP contribution in [0.5, 0.6) is 0 Å². The smallest absolute Gasteiger partial charge is 0.407 e. The summed E-state index contributed by atoms with van der Waals surface area (Å²) < 4.78 is 10.8. The number of carbonyl (C=O) groups excluding carboxylic acids is 2. The van der Waals surface area contributed by atoms with Crippen molar-refractivity contribution in [2.75, 3.05) is 5.32 Å². The summed E-state index contributed by atoms with van der Waals surface area (Å²) in [5.74, 6) is 1.06. The Bertz CT molecular complexity index is 887. The third-order valence-corrected chi connectivity index (χ3v) is 5.70. The third-order valence-electron chi connectivity index (χ3n) is 5.70. The van der Waals surface area contributed by atoms with Crippen molar-refractivity contribution in [1.29, 1.82) is 0 Å². The number of hydrogen-bond donors (Lipinski definition) is 3. The summed E-state index contributed by atoms with van der Waals surface area (Å²) in [6.07, 6.45) is 5.16. The average Bonchev–Trinajstić information content (AvgIpc) is 3.35. The molecule has 2 aromatic heterocycles. The normalized spacial score (nSPS) is 22.7. The van der Waals surface area contributed by atoms with Crippen LogP contribution in [0.25, 0.3) is 0 Å². The largest absolute Gasteiger partial charge is 0.446 e. The number of nitrogens with zero attached hydrogens (tertiary/aromatic N) is 3. The molecule has 2 heterocycles. The quantitative estimate of drug-likeness (QED) is 0.676. The maximum absolute atomic E-state index is 12.1. The van der Waals surface area contributed by atoms with Gasteiger partial charge in [0.2, 0.25) is 17.7 Å². The highest BCUT2D eigenvalue weighted by Crippen LogP contribution is 2.36. The van der Waals surface area contributed by atoms with Gasteiger partial charge < -0.3 is 19.8 Å². The first-order valence-corrected chi connectivity index (χ1v) is 10.0. The highest BCUT2D eigenvalue weighted by molar-refractivity contribution is 5.90. The number of hydrogen-bond acceptors (Lipinski definition) is 7. The number of H-pyrrole nitrogens is 1. The number of nitrogens with one attached hydrogen (secondary N) is 3. The van der Waals surface area contributed by atoms with E-state index in [2.05, 4.69) is 38.0 Å². The lowest BCUT2D eigenvalue weighted by atomic mass is 9.79. The van der Waals surface area contributed by atoms with E-state index in [-0.39, 0.29) is 41.9 Å². The summed E-state index contributed by atoms with van der Waals surface area (Å²) in [6, 6.07) is 1.82. The minimum Gasteiger partial charge on any atom is -0.446 e. The van der Waals surface area contributed by atoms with Crippen molar-refractivity contribution >= 4 is 17.8 Å². The minimum absolute atomic E-state index is 0.00356. The summed E-state index contributed by atoms with van der Waals surface area (Å²) in [5, 5.41) is 20.3. The second kappa shape index (κ2) is 7.84. The molecule has 0 aliphatic heterocycles. The van der Waals surface area contributed by atoms with E-state index in [1.165, 1.54) is 0 Å².